The maximum atomic E-state index is 13.6. The van der Waals surface area contributed by atoms with Crippen LogP contribution in [0.5, 0.6) is 5.75 Å². The van der Waals surface area contributed by atoms with Crippen LogP contribution in [-0.2, 0) is 4.79 Å². The Hall–Kier alpha value is -2.34. The van der Waals surface area contributed by atoms with Crippen LogP contribution in [0.2, 0.25) is 0 Å². The molecule has 1 aliphatic heterocycles. The van der Waals surface area contributed by atoms with E-state index in [1.54, 1.807) is 19.2 Å². The van der Waals surface area contributed by atoms with Crippen molar-refractivity contribution in [3.63, 3.8) is 0 Å². The number of methoxy groups -OCH3 is 1. The molecule has 2 aliphatic rings. The molecule has 1 saturated heterocycles. The number of benzene rings is 2. The second-order valence-electron chi connectivity index (χ2n) is 7.75. The average Bonchev–Trinajstić information content (AvgIpc) is 3.14. The van der Waals surface area contributed by atoms with Gasteiger partial charge < -0.3 is 15.0 Å². The van der Waals surface area contributed by atoms with Gasteiger partial charge in [0.1, 0.15) is 11.8 Å². The normalized spacial score (nSPS) is 23.4. The van der Waals surface area contributed by atoms with Crippen molar-refractivity contribution < 1.29 is 14.3 Å². The van der Waals surface area contributed by atoms with Crippen molar-refractivity contribution >= 4 is 33.4 Å². The molecule has 0 spiro atoms. The van der Waals surface area contributed by atoms with Gasteiger partial charge in [-0.3, -0.25) is 9.59 Å². The number of nitrogens with zero attached hydrogens (tertiary/aromatic N) is 1. The summed E-state index contributed by atoms with van der Waals surface area (Å²) in [4.78, 5) is 28.7. The summed E-state index contributed by atoms with van der Waals surface area (Å²) >= 11 is 3.48. The zero-order chi connectivity index (χ0) is 20.4. The van der Waals surface area contributed by atoms with Crippen molar-refractivity contribution in [1.29, 1.82) is 0 Å². The lowest BCUT2D eigenvalue weighted by molar-refractivity contribution is -0.120. The summed E-state index contributed by atoms with van der Waals surface area (Å²) < 4.78 is 6.24. The molecule has 1 saturated carbocycles. The molecule has 0 aromatic heterocycles. The van der Waals surface area contributed by atoms with E-state index in [2.05, 4.69) is 21.2 Å². The van der Waals surface area contributed by atoms with Crippen LogP contribution in [0.4, 0.5) is 5.69 Å². The molecule has 152 valence electrons. The average molecular weight is 457 g/mol. The molecule has 2 aromatic carbocycles. The van der Waals surface area contributed by atoms with Crippen molar-refractivity contribution in [2.75, 3.05) is 12.4 Å². The summed E-state index contributed by atoms with van der Waals surface area (Å²) in [5.41, 5.74) is 1.23. The molecule has 3 atom stereocenters. The van der Waals surface area contributed by atoms with Crippen molar-refractivity contribution in [1.82, 2.24) is 4.90 Å². The minimum atomic E-state index is -0.479. The van der Waals surface area contributed by atoms with E-state index in [1.807, 2.05) is 41.3 Å². The van der Waals surface area contributed by atoms with Crippen molar-refractivity contribution in [3.8, 4) is 5.75 Å². The van der Waals surface area contributed by atoms with Gasteiger partial charge in [-0.1, -0.05) is 37.1 Å². The zero-order valence-electron chi connectivity index (χ0n) is 16.4. The van der Waals surface area contributed by atoms with Gasteiger partial charge in [0, 0.05) is 10.5 Å². The van der Waals surface area contributed by atoms with E-state index < -0.39 is 6.04 Å². The molecule has 2 aromatic rings. The van der Waals surface area contributed by atoms with Gasteiger partial charge in [-0.05, 0) is 65.4 Å². The maximum Gasteiger partial charge on any atom is 0.258 e. The molecular weight excluding hydrogens is 432 g/mol. The third kappa shape index (κ3) is 3.90. The van der Waals surface area contributed by atoms with Crippen LogP contribution in [0, 0.1) is 5.92 Å². The number of hydrogen-bond acceptors (Lipinski definition) is 3. The number of likely N-dealkylation sites (tertiary alicyclic amines) is 1. The van der Waals surface area contributed by atoms with E-state index >= 15 is 0 Å². The van der Waals surface area contributed by atoms with Crippen LogP contribution < -0.4 is 10.1 Å². The zero-order valence-corrected chi connectivity index (χ0v) is 18.0. The van der Waals surface area contributed by atoms with Gasteiger partial charge >= 0.3 is 0 Å². The number of rotatable bonds is 4. The van der Waals surface area contributed by atoms with Gasteiger partial charge in [0.05, 0.1) is 18.4 Å². The molecule has 0 bridgehead atoms. The number of halogens is 1. The molecule has 6 heteroatoms. The molecule has 3 unspecified atom stereocenters. The highest BCUT2D eigenvalue weighted by atomic mass is 79.9. The summed E-state index contributed by atoms with van der Waals surface area (Å²) in [5.74, 6) is 0.665. The number of hydrogen-bond donors (Lipinski definition) is 1. The highest BCUT2D eigenvalue weighted by molar-refractivity contribution is 9.10. The van der Waals surface area contributed by atoms with E-state index in [1.165, 1.54) is 0 Å². The Balaban J connectivity index is 1.65. The summed E-state index contributed by atoms with van der Waals surface area (Å²) in [5, 5.41) is 3.02. The largest absolute Gasteiger partial charge is 0.496 e. The Morgan fingerprint density at radius 2 is 1.79 bits per heavy atom. The Morgan fingerprint density at radius 3 is 2.59 bits per heavy atom. The van der Waals surface area contributed by atoms with E-state index in [9.17, 15) is 9.59 Å². The number of para-hydroxylation sites is 2. The van der Waals surface area contributed by atoms with E-state index in [0.29, 0.717) is 23.7 Å². The summed E-state index contributed by atoms with van der Waals surface area (Å²) in [7, 11) is 1.57. The molecule has 4 rings (SSSR count). The first-order valence-electron chi connectivity index (χ1n) is 10.1. The lowest BCUT2D eigenvalue weighted by Gasteiger charge is -2.34. The second-order valence-corrected chi connectivity index (χ2v) is 8.60. The number of anilines is 1. The first-order chi connectivity index (χ1) is 14.1. The van der Waals surface area contributed by atoms with Crippen LogP contribution >= 0.6 is 15.9 Å². The van der Waals surface area contributed by atoms with Crippen molar-refractivity contribution in [2.45, 2.75) is 44.2 Å². The molecule has 29 heavy (non-hydrogen) atoms. The maximum absolute atomic E-state index is 13.6. The number of amides is 2. The molecule has 2 amide bonds. The fourth-order valence-corrected chi connectivity index (χ4v) is 5.11. The molecule has 2 fully saturated rings. The van der Waals surface area contributed by atoms with Crippen molar-refractivity contribution in [2.24, 2.45) is 5.92 Å². The number of ether oxygens (including phenoxy) is 1. The van der Waals surface area contributed by atoms with Crippen LogP contribution in [-0.4, -0.2) is 35.9 Å². The molecule has 1 heterocycles. The first-order valence-corrected chi connectivity index (χ1v) is 10.9. The Labute approximate surface area is 179 Å². The Kier molecular flexibility index (Phi) is 5.90. The van der Waals surface area contributed by atoms with E-state index in [4.69, 9.17) is 4.74 Å². The third-order valence-electron chi connectivity index (χ3n) is 6.09. The quantitative estimate of drug-likeness (QED) is 0.713. The predicted octanol–water partition coefficient (Wildman–Crippen LogP) is 4.87. The fraction of sp³-hybridized carbons (Fsp3) is 0.391. The smallest absolute Gasteiger partial charge is 0.258 e. The van der Waals surface area contributed by atoms with Crippen LogP contribution in [0.3, 0.4) is 0 Å². The highest BCUT2D eigenvalue weighted by Gasteiger charge is 2.48. The summed E-state index contributed by atoms with van der Waals surface area (Å²) in [6.07, 6.45) is 4.98. The predicted molar refractivity (Wildman–Crippen MR) is 116 cm³/mol. The highest BCUT2D eigenvalue weighted by Crippen LogP contribution is 2.41. The van der Waals surface area contributed by atoms with Gasteiger partial charge in [-0.25, -0.2) is 0 Å². The summed E-state index contributed by atoms with van der Waals surface area (Å²) in [6.45, 7) is 0. The molecule has 0 radical (unpaired) electrons. The minimum Gasteiger partial charge on any atom is -0.496 e. The molecule has 1 N–H and O–H groups in total. The Morgan fingerprint density at radius 1 is 1.07 bits per heavy atom. The first kappa shape index (κ1) is 20.0. The number of fused-ring (bicyclic) bond motifs is 1. The second kappa shape index (κ2) is 8.57. The molecular formula is C23H25BrN2O3. The van der Waals surface area contributed by atoms with Crippen LogP contribution in [0.1, 0.15) is 42.5 Å². The number of carbonyl (C=O) groups is 2. The monoisotopic (exact) mass is 456 g/mol. The van der Waals surface area contributed by atoms with E-state index in [0.717, 1.165) is 35.8 Å². The number of carbonyl (C=O) groups excluding carboxylic acids is 2. The Bertz CT molecular complexity index is 917. The van der Waals surface area contributed by atoms with Gasteiger partial charge in [0.25, 0.3) is 5.91 Å². The van der Waals surface area contributed by atoms with Crippen LogP contribution in [0.25, 0.3) is 0 Å². The van der Waals surface area contributed by atoms with Gasteiger partial charge in [0.15, 0.2) is 0 Å². The third-order valence-corrected chi connectivity index (χ3v) is 6.79. The standard InChI is InChI=1S/C23H25BrN2O3/c1-29-21-13-7-3-9-16(21)23(28)26-19-12-6-2-8-15(19)14-20(26)22(27)25-18-11-5-4-10-17(18)24/h3-5,7,9-11,13,15,19-20H,2,6,8,12,14H2,1H3,(H,25,27). The summed E-state index contributed by atoms with van der Waals surface area (Å²) in [6, 6.07) is 14.4. The van der Waals surface area contributed by atoms with Crippen LogP contribution in [0.15, 0.2) is 53.0 Å². The lowest BCUT2D eigenvalue weighted by atomic mass is 9.84. The molecule has 5 nitrogen and oxygen atoms in total. The lowest BCUT2D eigenvalue weighted by Crippen LogP contribution is -2.48. The minimum absolute atomic E-state index is 0.108. The van der Waals surface area contributed by atoms with Crippen molar-refractivity contribution in [3.05, 3.63) is 58.6 Å². The van der Waals surface area contributed by atoms with Gasteiger partial charge in [-0.2, -0.15) is 0 Å². The van der Waals surface area contributed by atoms with E-state index in [-0.39, 0.29) is 17.9 Å². The van der Waals surface area contributed by atoms with Gasteiger partial charge in [0.2, 0.25) is 5.91 Å². The molecule has 1 aliphatic carbocycles. The fourth-order valence-electron chi connectivity index (χ4n) is 4.73. The topological polar surface area (TPSA) is 58.6 Å². The number of nitrogens with one attached hydrogen (secondary N) is 1. The SMILES string of the molecule is COc1ccccc1C(=O)N1C(C(=O)Nc2ccccc2Br)CC2CCCCC21. The van der Waals surface area contributed by atoms with Gasteiger partial charge in [-0.15, -0.1) is 0 Å².